The highest BCUT2D eigenvalue weighted by Gasteiger charge is 2.10. The summed E-state index contributed by atoms with van der Waals surface area (Å²) >= 11 is 0. The molecule has 2 N–H and O–H groups in total. The van der Waals surface area contributed by atoms with Crippen LogP contribution < -0.4 is 10.5 Å². The number of methoxy groups -OCH3 is 1. The van der Waals surface area contributed by atoms with E-state index in [1.807, 2.05) is 12.1 Å². The Labute approximate surface area is 108 Å². The van der Waals surface area contributed by atoms with Gasteiger partial charge in [-0.15, -0.1) is 0 Å². The number of ether oxygens (including phenoxy) is 1. The quantitative estimate of drug-likeness (QED) is 0.856. The van der Waals surface area contributed by atoms with Crippen molar-refractivity contribution in [2.24, 2.45) is 0 Å². The Balaban J connectivity index is 2.23. The molecule has 1 heterocycles. The Bertz CT molecular complexity index is 558. The van der Waals surface area contributed by atoms with Crippen molar-refractivity contribution in [1.29, 1.82) is 0 Å². The number of rotatable bonds is 4. The molecule has 4 nitrogen and oxygen atoms in total. The van der Waals surface area contributed by atoms with E-state index in [0.717, 1.165) is 5.56 Å². The van der Waals surface area contributed by atoms with E-state index in [1.54, 1.807) is 37.7 Å². The Morgan fingerprint density at radius 1 is 1.39 bits per heavy atom. The van der Waals surface area contributed by atoms with E-state index in [0.29, 0.717) is 22.1 Å². The zero-order valence-electron chi connectivity index (χ0n) is 10.00. The van der Waals surface area contributed by atoms with E-state index in [-0.39, 0.29) is 0 Å². The van der Waals surface area contributed by atoms with Crippen molar-refractivity contribution in [2.45, 2.75) is 10.6 Å². The van der Waals surface area contributed by atoms with Crippen molar-refractivity contribution in [3.05, 3.63) is 48.3 Å². The van der Waals surface area contributed by atoms with E-state index in [1.165, 1.54) is 0 Å². The van der Waals surface area contributed by atoms with E-state index < -0.39 is 10.8 Å². The average Bonchev–Trinajstić information content (AvgIpc) is 2.40. The largest absolute Gasteiger partial charge is 0.497 e. The summed E-state index contributed by atoms with van der Waals surface area (Å²) in [7, 11) is 0.366. The highest BCUT2D eigenvalue weighted by Crippen LogP contribution is 2.24. The molecule has 2 rings (SSSR count). The number of benzene rings is 1. The van der Waals surface area contributed by atoms with Gasteiger partial charge in [0.1, 0.15) is 5.75 Å². The molecule has 94 valence electrons. The minimum atomic E-state index is -1.20. The fraction of sp³-hybridized carbons (Fsp3) is 0.154. The standard InChI is InChI=1S/C13H14N2O2S/c1-17-11-4-5-12(14)13(7-11)18(16)9-10-3-2-6-15-8-10/h2-8H,9,14H2,1H3. The van der Waals surface area contributed by atoms with Crippen molar-refractivity contribution in [3.63, 3.8) is 0 Å². The number of nitrogen functional groups attached to an aromatic ring is 1. The van der Waals surface area contributed by atoms with E-state index in [2.05, 4.69) is 4.98 Å². The number of pyridine rings is 1. The van der Waals surface area contributed by atoms with Crippen LogP contribution in [0.3, 0.4) is 0 Å². The molecule has 1 aromatic heterocycles. The molecular formula is C13H14N2O2S. The van der Waals surface area contributed by atoms with Gasteiger partial charge in [-0.2, -0.15) is 0 Å². The molecule has 0 aliphatic carbocycles. The lowest BCUT2D eigenvalue weighted by Crippen LogP contribution is -2.01. The zero-order chi connectivity index (χ0) is 13.0. The van der Waals surface area contributed by atoms with E-state index in [4.69, 9.17) is 10.5 Å². The average molecular weight is 262 g/mol. The van der Waals surface area contributed by atoms with Crippen LogP contribution in [-0.4, -0.2) is 16.3 Å². The SMILES string of the molecule is COc1ccc(N)c(S(=O)Cc2cccnc2)c1. The molecule has 2 aromatic rings. The van der Waals surface area contributed by atoms with Gasteiger partial charge in [-0.05, 0) is 29.8 Å². The molecule has 1 atom stereocenters. The van der Waals surface area contributed by atoms with Crippen LogP contribution in [0.1, 0.15) is 5.56 Å². The van der Waals surface area contributed by atoms with Crippen molar-refractivity contribution < 1.29 is 8.95 Å². The van der Waals surface area contributed by atoms with Gasteiger partial charge in [0.25, 0.3) is 0 Å². The zero-order valence-corrected chi connectivity index (χ0v) is 10.8. The Morgan fingerprint density at radius 2 is 2.22 bits per heavy atom. The lowest BCUT2D eigenvalue weighted by molar-refractivity contribution is 0.413. The van der Waals surface area contributed by atoms with Crippen LogP contribution in [-0.2, 0) is 16.6 Å². The maximum Gasteiger partial charge on any atom is 0.120 e. The summed E-state index contributed by atoms with van der Waals surface area (Å²) in [4.78, 5) is 4.59. The fourth-order valence-corrected chi connectivity index (χ4v) is 2.76. The van der Waals surface area contributed by atoms with Crippen molar-refractivity contribution in [1.82, 2.24) is 4.98 Å². The topological polar surface area (TPSA) is 65.2 Å². The van der Waals surface area contributed by atoms with Crippen LogP contribution in [0.15, 0.2) is 47.6 Å². The molecule has 0 fully saturated rings. The summed E-state index contributed by atoms with van der Waals surface area (Å²) in [5.41, 5.74) is 7.26. The summed E-state index contributed by atoms with van der Waals surface area (Å²) in [6, 6.07) is 8.87. The molecule has 0 saturated carbocycles. The van der Waals surface area contributed by atoms with Gasteiger partial charge in [0, 0.05) is 18.1 Å². The third-order valence-corrected chi connectivity index (χ3v) is 3.93. The van der Waals surface area contributed by atoms with E-state index in [9.17, 15) is 4.21 Å². The van der Waals surface area contributed by atoms with Gasteiger partial charge in [-0.3, -0.25) is 9.19 Å². The summed E-state index contributed by atoms with van der Waals surface area (Å²) in [5.74, 6) is 1.05. The smallest absolute Gasteiger partial charge is 0.120 e. The van der Waals surface area contributed by atoms with E-state index >= 15 is 0 Å². The van der Waals surface area contributed by atoms with Gasteiger partial charge in [0.05, 0.1) is 28.6 Å². The monoisotopic (exact) mass is 262 g/mol. The molecule has 0 spiro atoms. The van der Waals surface area contributed by atoms with Crippen LogP contribution in [0.25, 0.3) is 0 Å². The van der Waals surface area contributed by atoms with Crippen LogP contribution in [0.2, 0.25) is 0 Å². The summed E-state index contributed by atoms with van der Waals surface area (Å²) < 4.78 is 17.4. The molecule has 18 heavy (non-hydrogen) atoms. The molecule has 1 unspecified atom stereocenters. The van der Waals surface area contributed by atoms with Gasteiger partial charge < -0.3 is 10.5 Å². The third-order valence-electron chi connectivity index (χ3n) is 2.49. The molecular weight excluding hydrogens is 248 g/mol. The number of nitrogens with two attached hydrogens (primary N) is 1. The van der Waals surface area contributed by atoms with Crippen molar-refractivity contribution >= 4 is 16.5 Å². The second-order valence-electron chi connectivity index (χ2n) is 3.75. The highest BCUT2D eigenvalue weighted by molar-refractivity contribution is 7.84. The lowest BCUT2D eigenvalue weighted by atomic mass is 10.3. The lowest BCUT2D eigenvalue weighted by Gasteiger charge is -2.08. The minimum absolute atomic E-state index is 0.394. The summed E-state index contributed by atoms with van der Waals surface area (Å²) in [5, 5.41) is 0. The Kier molecular flexibility index (Phi) is 3.94. The Morgan fingerprint density at radius 3 is 2.89 bits per heavy atom. The molecule has 0 aliphatic rings. The van der Waals surface area contributed by atoms with Gasteiger partial charge in [-0.25, -0.2) is 0 Å². The first kappa shape index (κ1) is 12.6. The predicted octanol–water partition coefficient (Wildman–Crippen LogP) is 1.98. The fourth-order valence-electron chi connectivity index (χ4n) is 1.55. The number of nitrogens with zero attached hydrogens (tertiary/aromatic N) is 1. The molecule has 0 amide bonds. The minimum Gasteiger partial charge on any atom is -0.497 e. The first-order valence-electron chi connectivity index (χ1n) is 5.41. The van der Waals surface area contributed by atoms with Gasteiger partial charge in [0.2, 0.25) is 0 Å². The number of hydrogen-bond acceptors (Lipinski definition) is 4. The van der Waals surface area contributed by atoms with Crippen LogP contribution in [0, 0.1) is 0 Å². The first-order chi connectivity index (χ1) is 8.70. The van der Waals surface area contributed by atoms with Crippen LogP contribution >= 0.6 is 0 Å². The molecule has 0 aliphatic heterocycles. The van der Waals surface area contributed by atoms with Gasteiger partial charge in [-0.1, -0.05) is 6.07 Å². The summed E-state index contributed by atoms with van der Waals surface area (Å²) in [6.45, 7) is 0. The second kappa shape index (κ2) is 5.64. The molecule has 0 saturated heterocycles. The maximum absolute atomic E-state index is 12.3. The van der Waals surface area contributed by atoms with Gasteiger partial charge in [0.15, 0.2) is 0 Å². The van der Waals surface area contributed by atoms with Crippen LogP contribution in [0.5, 0.6) is 5.75 Å². The maximum atomic E-state index is 12.3. The Hall–Kier alpha value is -1.88. The summed E-state index contributed by atoms with van der Waals surface area (Å²) in [6.07, 6.45) is 3.39. The normalized spacial score (nSPS) is 12.1. The van der Waals surface area contributed by atoms with Crippen molar-refractivity contribution in [3.8, 4) is 5.75 Å². The third kappa shape index (κ3) is 2.87. The van der Waals surface area contributed by atoms with Gasteiger partial charge >= 0.3 is 0 Å². The van der Waals surface area contributed by atoms with Crippen molar-refractivity contribution in [2.75, 3.05) is 12.8 Å². The highest BCUT2D eigenvalue weighted by atomic mass is 32.2. The predicted molar refractivity (Wildman–Crippen MR) is 71.8 cm³/mol. The number of hydrogen-bond donors (Lipinski definition) is 1. The molecule has 1 aromatic carbocycles. The molecule has 0 radical (unpaired) electrons. The van der Waals surface area contributed by atoms with Crippen LogP contribution in [0.4, 0.5) is 5.69 Å². The molecule has 5 heteroatoms. The number of anilines is 1. The second-order valence-corrected chi connectivity index (χ2v) is 5.17. The number of aromatic nitrogens is 1. The first-order valence-corrected chi connectivity index (χ1v) is 6.73. The molecule has 0 bridgehead atoms.